The van der Waals surface area contributed by atoms with Crippen molar-refractivity contribution in [2.75, 3.05) is 5.32 Å². The molecule has 0 saturated heterocycles. The average molecular weight is 283 g/mol. The molecule has 0 atom stereocenters. The molecule has 1 fully saturated rings. The number of anilines is 1. The molecule has 1 aliphatic rings. The number of carbonyl (C=O) groups is 2. The molecule has 2 N–H and O–H groups in total. The van der Waals surface area contributed by atoms with Gasteiger partial charge < -0.3 is 10.4 Å². The Balaban J connectivity index is 2.31. The third kappa shape index (κ3) is 2.64. The van der Waals surface area contributed by atoms with E-state index in [2.05, 4.69) is 5.32 Å². The quantitative estimate of drug-likeness (QED) is 0.895. The largest absolute Gasteiger partial charge is 0.478 e. The molecule has 0 spiro atoms. The Kier molecular flexibility index (Phi) is 3.74. The van der Waals surface area contributed by atoms with Crippen LogP contribution in [-0.4, -0.2) is 17.0 Å². The summed E-state index contributed by atoms with van der Waals surface area (Å²) in [6.07, 6.45) is 3.25. The highest BCUT2D eigenvalue weighted by molar-refractivity contribution is 6.02. The predicted molar refractivity (Wildman–Crippen MR) is 68.5 cm³/mol. The fourth-order valence-electron chi connectivity index (χ4n) is 2.48. The van der Waals surface area contributed by atoms with Crippen LogP contribution in [0.15, 0.2) is 12.1 Å². The Morgan fingerprint density at radius 2 is 1.75 bits per heavy atom. The van der Waals surface area contributed by atoms with E-state index < -0.39 is 28.6 Å². The maximum absolute atomic E-state index is 13.2. The summed E-state index contributed by atoms with van der Waals surface area (Å²) in [6.45, 7) is 1.79. The molecule has 1 aromatic carbocycles. The SMILES string of the molecule is CC1(C(=O)Nc2cc(F)c(F)cc2C(=O)O)CCCC1. The molecule has 1 saturated carbocycles. The van der Waals surface area contributed by atoms with Gasteiger partial charge in [-0.2, -0.15) is 0 Å². The fourth-order valence-corrected chi connectivity index (χ4v) is 2.48. The van der Waals surface area contributed by atoms with Gasteiger partial charge in [0.05, 0.1) is 11.3 Å². The van der Waals surface area contributed by atoms with Gasteiger partial charge in [0.1, 0.15) is 0 Å². The van der Waals surface area contributed by atoms with Gasteiger partial charge in [0.2, 0.25) is 5.91 Å². The number of aromatic carboxylic acids is 1. The van der Waals surface area contributed by atoms with Gasteiger partial charge in [-0.05, 0) is 18.9 Å². The number of rotatable bonds is 3. The van der Waals surface area contributed by atoms with Crippen LogP contribution in [-0.2, 0) is 4.79 Å². The van der Waals surface area contributed by atoms with E-state index in [0.717, 1.165) is 12.8 Å². The highest BCUT2D eigenvalue weighted by Gasteiger charge is 2.36. The number of nitrogens with one attached hydrogen (secondary N) is 1. The zero-order valence-electron chi connectivity index (χ0n) is 11.0. The second-order valence-corrected chi connectivity index (χ2v) is 5.34. The lowest BCUT2D eigenvalue weighted by Gasteiger charge is -2.22. The number of hydrogen-bond donors (Lipinski definition) is 2. The van der Waals surface area contributed by atoms with Crippen LogP contribution in [0.1, 0.15) is 43.0 Å². The van der Waals surface area contributed by atoms with Crippen LogP contribution >= 0.6 is 0 Å². The van der Waals surface area contributed by atoms with Crippen LogP contribution < -0.4 is 5.32 Å². The Bertz CT molecular complexity index is 566. The summed E-state index contributed by atoms with van der Waals surface area (Å²) < 4.78 is 26.3. The number of hydrogen-bond acceptors (Lipinski definition) is 2. The minimum atomic E-state index is -1.42. The summed E-state index contributed by atoms with van der Waals surface area (Å²) in [7, 11) is 0. The lowest BCUT2D eigenvalue weighted by molar-refractivity contribution is -0.124. The monoisotopic (exact) mass is 283 g/mol. The molecule has 0 unspecified atom stereocenters. The molecule has 0 heterocycles. The molecule has 6 heteroatoms. The van der Waals surface area contributed by atoms with Gasteiger partial charge in [-0.3, -0.25) is 4.79 Å². The molecular formula is C14H15F2NO3. The number of halogens is 2. The molecule has 20 heavy (non-hydrogen) atoms. The van der Waals surface area contributed by atoms with Gasteiger partial charge in [-0.15, -0.1) is 0 Å². The predicted octanol–water partition coefficient (Wildman–Crippen LogP) is 3.18. The van der Waals surface area contributed by atoms with Crippen molar-refractivity contribution >= 4 is 17.6 Å². The van der Waals surface area contributed by atoms with E-state index in [1.165, 1.54) is 0 Å². The number of carboxylic acids is 1. The van der Waals surface area contributed by atoms with E-state index in [1.54, 1.807) is 6.92 Å². The van der Waals surface area contributed by atoms with Crippen molar-refractivity contribution in [3.63, 3.8) is 0 Å². The third-order valence-electron chi connectivity index (χ3n) is 3.79. The van der Waals surface area contributed by atoms with E-state index >= 15 is 0 Å². The third-order valence-corrected chi connectivity index (χ3v) is 3.79. The highest BCUT2D eigenvalue weighted by atomic mass is 19.2. The fraction of sp³-hybridized carbons (Fsp3) is 0.429. The zero-order chi connectivity index (χ0) is 14.9. The van der Waals surface area contributed by atoms with E-state index in [9.17, 15) is 18.4 Å². The van der Waals surface area contributed by atoms with Gasteiger partial charge >= 0.3 is 5.97 Å². The molecule has 1 aliphatic carbocycles. The first-order valence-corrected chi connectivity index (χ1v) is 6.37. The first-order chi connectivity index (χ1) is 9.33. The van der Waals surface area contributed by atoms with Crippen molar-refractivity contribution in [3.8, 4) is 0 Å². The smallest absolute Gasteiger partial charge is 0.337 e. The van der Waals surface area contributed by atoms with Crippen molar-refractivity contribution < 1.29 is 23.5 Å². The van der Waals surface area contributed by atoms with E-state index in [4.69, 9.17) is 5.11 Å². The molecule has 2 rings (SSSR count). The van der Waals surface area contributed by atoms with Crippen molar-refractivity contribution in [1.29, 1.82) is 0 Å². The van der Waals surface area contributed by atoms with Crippen LogP contribution in [0, 0.1) is 17.0 Å². The summed E-state index contributed by atoms with van der Waals surface area (Å²) in [5.74, 6) is -4.23. The number of benzene rings is 1. The molecule has 0 aliphatic heterocycles. The Labute approximate surface area is 114 Å². The average Bonchev–Trinajstić information content (AvgIpc) is 2.81. The first kappa shape index (κ1) is 14.4. The van der Waals surface area contributed by atoms with Crippen LogP contribution in [0.3, 0.4) is 0 Å². The maximum atomic E-state index is 13.2. The van der Waals surface area contributed by atoms with Crippen molar-refractivity contribution in [2.24, 2.45) is 5.41 Å². The van der Waals surface area contributed by atoms with Gasteiger partial charge in [-0.25, -0.2) is 13.6 Å². The molecule has 0 radical (unpaired) electrons. The topological polar surface area (TPSA) is 66.4 Å². The Morgan fingerprint density at radius 3 is 2.30 bits per heavy atom. The first-order valence-electron chi connectivity index (χ1n) is 6.37. The van der Waals surface area contributed by atoms with Gasteiger partial charge in [0, 0.05) is 11.5 Å². The Hall–Kier alpha value is -1.98. The minimum absolute atomic E-state index is 0.213. The number of amides is 1. The normalized spacial score (nSPS) is 16.9. The maximum Gasteiger partial charge on any atom is 0.337 e. The van der Waals surface area contributed by atoms with Crippen molar-refractivity contribution in [2.45, 2.75) is 32.6 Å². The molecular weight excluding hydrogens is 268 g/mol. The zero-order valence-corrected chi connectivity index (χ0v) is 11.0. The molecule has 1 amide bonds. The Morgan fingerprint density at radius 1 is 1.20 bits per heavy atom. The van der Waals surface area contributed by atoms with Gasteiger partial charge in [0.15, 0.2) is 11.6 Å². The summed E-state index contributed by atoms with van der Waals surface area (Å²) in [5, 5.41) is 11.4. The van der Waals surface area contributed by atoms with E-state index in [-0.39, 0.29) is 11.6 Å². The number of carboxylic acid groups (broad SMARTS) is 1. The van der Waals surface area contributed by atoms with Crippen LogP contribution in [0.5, 0.6) is 0 Å². The van der Waals surface area contributed by atoms with E-state index in [1.807, 2.05) is 0 Å². The highest BCUT2D eigenvalue weighted by Crippen LogP contribution is 2.38. The standard InChI is InChI=1S/C14H15F2NO3/c1-14(4-2-3-5-14)13(20)17-11-7-10(16)9(15)6-8(11)12(18)19/h6-7H,2-5H2,1H3,(H,17,20)(H,18,19). The van der Waals surface area contributed by atoms with Crippen LogP contribution in [0.25, 0.3) is 0 Å². The van der Waals surface area contributed by atoms with Gasteiger partial charge in [-0.1, -0.05) is 19.8 Å². The van der Waals surface area contributed by atoms with E-state index in [0.29, 0.717) is 25.0 Å². The van der Waals surface area contributed by atoms with Crippen molar-refractivity contribution in [3.05, 3.63) is 29.3 Å². The summed E-state index contributed by atoms with van der Waals surface area (Å²) in [5.41, 5.74) is -1.26. The summed E-state index contributed by atoms with van der Waals surface area (Å²) >= 11 is 0. The summed E-state index contributed by atoms with van der Waals surface area (Å²) in [6, 6.07) is 1.28. The molecule has 108 valence electrons. The molecule has 4 nitrogen and oxygen atoms in total. The molecule has 0 bridgehead atoms. The van der Waals surface area contributed by atoms with Crippen LogP contribution in [0.4, 0.5) is 14.5 Å². The van der Waals surface area contributed by atoms with Crippen LogP contribution in [0.2, 0.25) is 0 Å². The summed E-state index contributed by atoms with van der Waals surface area (Å²) in [4.78, 5) is 23.2. The molecule has 1 aromatic rings. The second kappa shape index (κ2) is 5.19. The van der Waals surface area contributed by atoms with Gasteiger partial charge in [0.25, 0.3) is 0 Å². The number of carbonyl (C=O) groups excluding carboxylic acids is 1. The van der Waals surface area contributed by atoms with Crippen molar-refractivity contribution in [1.82, 2.24) is 0 Å². The lowest BCUT2D eigenvalue weighted by atomic mass is 9.87. The second-order valence-electron chi connectivity index (χ2n) is 5.34. The lowest BCUT2D eigenvalue weighted by Crippen LogP contribution is -2.31. The minimum Gasteiger partial charge on any atom is -0.478 e. The molecule has 0 aromatic heterocycles.